The third-order valence-electron chi connectivity index (χ3n) is 15.6. The minimum Gasteiger partial charge on any atom is -0.465 e. The molecule has 384 valence electrons. The molecule has 1 unspecified atom stereocenters. The van der Waals surface area contributed by atoms with E-state index in [4.69, 9.17) is 14.7 Å². The number of alkyl carbamates (subject to hydrolysis) is 1. The van der Waals surface area contributed by atoms with Crippen LogP contribution < -0.4 is 20.4 Å². The molecule has 18 heteroatoms. The summed E-state index contributed by atoms with van der Waals surface area (Å²) in [4.78, 5) is 76.0. The molecule has 5 N–H and O–H groups in total. The van der Waals surface area contributed by atoms with Crippen LogP contribution in [0.4, 0.5) is 29.7 Å². The van der Waals surface area contributed by atoms with Crippen molar-refractivity contribution < 1.29 is 37.8 Å². The third-order valence-corrected chi connectivity index (χ3v) is 15.6. The highest BCUT2D eigenvalue weighted by Crippen LogP contribution is 2.49. The number of aromatic nitrogens is 4. The fourth-order valence-electron chi connectivity index (χ4n) is 11.9. The van der Waals surface area contributed by atoms with Gasteiger partial charge in [0.15, 0.2) is 11.6 Å². The van der Waals surface area contributed by atoms with Crippen LogP contribution in [0.25, 0.3) is 22.1 Å². The van der Waals surface area contributed by atoms with Crippen LogP contribution in [-0.4, -0.2) is 104 Å². The summed E-state index contributed by atoms with van der Waals surface area (Å²) in [5.41, 5.74) is 6.32. The molecule has 6 aromatic rings. The maximum atomic E-state index is 16.8. The van der Waals surface area contributed by atoms with E-state index in [9.17, 15) is 24.3 Å². The van der Waals surface area contributed by atoms with Crippen molar-refractivity contribution in [3.8, 4) is 0 Å². The number of carbonyl (C=O) groups excluding carboxylic acids is 3. The van der Waals surface area contributed by atoms with E-state index in [0.29, 0.717) is 80.2 Å². The number of hydrogen-bond donors (Lipinski definition) is 5. The number of ether oxygens (including phenoxy) is 1. The molecule has 0 radical (unpaired) electrons. The number of amides is 4. The first-order valence-electron chi connectivity index (χ1n) is 25.7. The average Bonchev–Trinajstić information content (AvgIpc) is 4.24. The Labute approximate surface area is 422 Å². The van der Waals surface area contributed by atoms with Gasteiger partial charge in [0.25, 0.3) is 0 Å². The van der Waals surface area contributed by atoms with Crippen molar-refractivity contribution in [1.29, 1.82) is 0 Å². The Morgan fingerprint density at radius 2 is 1.18 bits per heavy atom. The average molecular weight is 999 g/mol. The molecule has 2 aromatic heterocycles. The number of rotatable bonds is 13. The molecule has 0 aliphatic carbocycles. The highest BCUT2D eigenvalue weighted by atomic mass is 19.1. The molecule has 4 aliphatic rings. The summed E-state index contributed by atoms with van der Waals surface area (Å²) in [5, 5.41) is 14.6. The Bertz CT molecular complexity index is 3010. The monoisotopic (exact) mass is 998 g/mol. The number of nitrogens with one attached hydrogen (secondary N) is 4. The molecule has 7 atom stereocenters. The smallest absolute Gasteiger partial charge is 0.407 e. The molecule has 4 aliphatic heterocycles. The summed E-state index contributed by atoms with van der Waals surface area (Å²) in [7, 11) is 1.27. The Morgan fingerprint density at radius 3 is 1.67 bits per heavy atom. The number of carbonyl (C=O) groups is 4. The summed E-state index contributed by atoms with van der Waals surface area (Å²) in [6, 6.07) is 22.0. The highest BCUT2D eigenvalue weighted by Gasteiger charge is 2.41. The number of carboxylic acid groups (broad SMARTS) is 1. The third kappa shape index (κ3) is 9.63. The molecule has 4 saturated heterocycles. The SMILES string of the molecule is COC(=O)N[C@H](C(=O)N1CCC[C@H]1c1nc2ccc([C@H]3CC[C@H](c4ccc5nc([C@@H]6CCCN6C(=O)[C@@H](NC(=O)O)C(C)C)[nH]c5c4)N3c3cc(F)c(N4CCC(c5ccccc5)C4)c(F)c3)cc2[nH]1)C(C)C. The number of nitrogens with zero attached hydrogens (tertiary/aromatic N) is 6. The summed E-state index contributed by atoms with van der Waals surface area (Å²) >= 11 is 0. The first-order valence-corrected chi connectivity index (χ1v) is 25.7. The number of imidazole rings is 2. The molecule has 4 amide bonds. The Kier molecular flexibility index (Phi) is 13.8. The zero-order valence-corrected chi connectivity index (χ0v) is 41.9. The van der Waals surface area contributed by atoms with Gasteiger partial charge >= 0.3 is 12.2 Å². The topological polar surface area (TPSA) is 192 Å². The molecular formula is C55H64F2N10O6. The van der Waals surface area contributed by atoms with Crippen molar-refractivity contribution in [3.05, 3.63) is 119 Å². The molecule has 4 aromatic carbocycles. The van der Waals surface area contributed by atoms with Gasteiger partial charge in [-0.05, 0) is 110 Å². The lowest BCUT2D eigenvalue weighted by Gasteiger charge is -2.34. The van der Waals surface area contributed by atoms with Crippen LogP contribution in [0, 0.1) is 23.5 Å². The van der Waals surface area contributed by atoms with E-state index in [1.807, 2.05) is 87.2 Å². The summed E-state index contributed by atoms with van der Waals surface area (Å²) in [6.45, 7) is 9.41. The zero-order chi connectivity index (χ0) is 51.2. The van der Waals surface area contributed by atoms with Gasteiger partial charge < -0.3 is 50.0 Å². The van der Waals surface area contributed by atoms with Crippen LogP contribution in [0.1, 0.15) is 131 Å². The lowest BCUT2D eigenvalue weighted by Crippen LogP contribution is -2.51. The fourth-order valence-corrected chi connectivity index (χ4v) is 11.9. The van der Waals surface area contributed by atoms with Gasteiger partial charge in [-0.25, -0.2) is 28.3 Å². The van der Waals surface area contributed by atoms with Crippen LogP contribution in [-0.2, 0) is 14.3 Å². The van der Waals surface area contributed by atoms with Gasteiger partial charge in [-0.1, -0.05) is 70.2 Å². The first-order chi connectivity index (χ1) is 35.2. The van der Waals surface area contributed by atoms with E-state index in [1.165, 1.54) is 19.2 Å². The van der Waals surface area contributed by atoms with Gasteiger partial charge in [0.1, 0.15) is 29.4 Å². The van der Waals surface area contributed by atoms with Gasteiger partial charge in [-0.3, -0.25) is 9.59 Å². The fraction of sp³-hybridized carbons (Fsp3) is 0.455. The van der Waals surface area contributed by atoms with Crippen molar-refractivity contribution in [1.82, 2.24) is 40.4 Å². The van der Waals surface area contributed by atoms with Crippen LogP contribution in [0.3, 0.4) is 0 Å². The second-order valence-electron chi connectivity index (χ2n) is 20.8. The van der Waals surface area contributed by atoms with Gasteiger partial charge in [-0.2, -0.15) is 0 Å². The van der Waals surface area contributed by atoms with E-state index in [0.717, 1.165) is 47.0 Å². The number of anilines is 2. The van der Waals surface area contributed by atoms with E-state index in [1.54, 1.807) is 9.80 Å². The summed E-state index contributed by atoms with van der Waals surface area (Å²) in [5.74, 6) is -0.757. The standard InChI is InChI=1S/C55H64F2N10O6/c1-30(2)47(62-54(70)71)52(68)65-22-9-13-45(65)50-58-39-17-15-33(25-41(39)60-50)43-19-20-44(67(43)36-27-37(56)49(38(57)28-36)64-24-21-35(29-64)32-11-7-6-8-12-32)34-16-18-40-42(26-34)61-51(59-40)46-14-10-23-66(46)53(69)48(31(3)4)63-55(72)73-5/h6-8,11-12,15-18,25-28,30-31,35,43-48,62H,9-10,13-14,19-24,29H2,1-5H3,(H,58,60)(H,59,61)(H,63,72)(H,70,71)/t35?,43-,44-,45+,46+,47+,48+/m1/s1. The van der Waals surface area contributed by atoms with E-state index >= 15 is 8.78 Å². The van der Waals surface area contributed by atoms with Crippen LogP contribution in [0.15, 0.2) is 78.9 Å². The first kappa shape index (κ1) is 49.3. The molecule has 4 fully saturated rings. The Hall–Kier alpha value is -7.24. The number of likely N-dealkylation sites (tertiary alicyclic amines) is 2. The summed E-state index contributed by atoms with van der Waals surface area (Å²) < 4.78 is 38.4. The normalized spacial score (nSPS) is 22.0. The maximum Gasteiger partial charge on any atom is 0.407 e. The van der Waals surface area contributed by atoms with Crippen LogP contribution >= 0.6 is 0 Å². The predicted molar refractivity (Wildman–Crippen MR) is 273 cm³/mol. The van der Waals surface area contributed by atoms with E-state index in [-0.39, 0.29) is 59.4 Å². The minimum atomic E-state index is -1.25. The number of fused-ring (bicyclic) bond motifs is 2. The second-order valence-corrected chi connectivity index (χ2v) is 20.8. The Balaban J connectivity index is 0.975. The number of aromatic amines is 2. The zero-order valence-electron chi connectivity index (χ0n) is 41.9. The molecule has 73 heavy (non-hydrogen) atoms. The van der Waals surface area contributed by atoms with Crippen molar-refractivity contribution in [2.24, 2.45) is 11.8 Å². The molecular weight excluding hydrogens is 935 g/mol. The van der Waals surface area contributed by atoms with E-state index in [2.05, 4.69) is 37.6 Å². The number of halogens is 2. The quantitative estimate of drug-likeness (QED) is 0.0744. The van der Waals surface area contributed by atoms with Crippen molar-refractivity contribution in [2.75, 3.05) is 43.1 Å². The second kappa shape index (κ2) is 20.3. The van der Waals surface area contributed by atoms with Crippen molar-refractivity contribution >= 4 is 57.4 Å². The van der Waals surface area contributed by atoms with Crippen molar-refractivity contribution in [2.45, 2.75) is 115 Å². The minimum absolute atomic E-state index is 0.0228. The van der Waals surface area contributed by atoms with Gasteiger partial charge in [0.2, 0.25) is 11.8 Å². The predicted octanol–water partition coefficient (Wildman–Crippen LogP) is 9.79. The number of H-pyrrole nitrogens is 2. The van der Waals surface area contributed by atoms with Gasteiger partial charge in [0.05, 0.1) is 53.3 Å². The van der Waals surface area contributed by atoms with Gasteiger partial charge in [-0.15, -0.1) is 0 Å². The summed E-state index contributed by atoms with van der Waals surface area (Å²) in [6.07, 6.45) is 3.06. The van der Waals surface area contributed by atoms with Gasteiger partial charge in [0, 0.05) is 37.8 Å². The number of hydrogen-bond acceptors (Lipinski definition) is 9. The number of methoxy groups -OCH3 is 1. The largest absolute Gasteiger partial charge is 0.465 e. The molecule has 0 bridgehead atoms. The Morgan fingerprint density at radius 1 is 0.658 bits per heavy atom. The lowest BCUT2D eigenvalue weighted by atomic mass is 9.99. The molecule has 16 nitrogen and oxygen atoms in total. The van der Waals surface area contributed by atoms with Crippen LogP contribution in [0.5, 0.6) is 0 Å². The highest BCUT2D eigenvalue weighted by molar-refractivity contribution is 5.87. The molecule has 0 spiro atoms. The number of benzene rings is 4. The maximum absolute atomic E-state index is 16.8. The van der Waals surface area contributed by atoms with Crippen LogP contribution in [0.2, 0.25) is 0 Å². The van der Waals surface area contributed by atoms with Crippen molar-refractivity contribution in [3.63, 3.8) is 0 Å². The lowest BCUT2D eigenvalue weighted by molar-refractivity contribution is -0.136. The molecule has 0 saturated carbocycles. The van der Waals surface area contributed by atoms with E-state index < -0.39 is 35.9 Å². The molecule has 6 heterocycles. The molecule has 10 rings (SSSR count).